The molecule has 1 fully saturated rings. The third-order valence-electron chi connectivity index (χ3n) is 5.61. The highest BCUT2D eigenvalue weighted by Crippen LogP contribution is 2.13. The van der Waals surface area contributed by atoms with Gasteiger partial charge in [-0.3, -0.25) is 0 Å². The van der Waals surface area contributed by atoms with Gasteiger partial charge in [0.25, 0.3) is 0 Å². The first kappa shape index (κ1) is 26.6. The zero-order chi connectivity index (χ0) is 21.2. The summed E-state index contributed by atoms with van der Waals surface area (Å²) in [6.07, 6.45) is 22.9. The average molecular weight is 432 g/mol. The van der Waals surface area contributed by atoms with Crippen LogP contribution in [-0.2, 0) is 19.5 Å². The molecule has 1 heterocycles. The molecular formula is C23H45NO4S. The van der Waals surface area contributed by atoms with Crippen LogP contribution < -0.4 is 0 Å². The Labute approximate surface area is 180 Å². The van der Waals surface area contributed by atoms with E-state index in [4.69, 9.17) is 9.47 Å². The van der Waals surface area contributed by atoms with Gasteiger partial charge in [0.05, 0.1) is 19.3 Å². The largest absolute Gasteiger partial charge is 0.380 e. The highest BCUT2D eigenvalue weighted by Gasteiger charge is 2.31. The lowest BCUT2D eigenvalue weighted by Crippen LogP contribution is -2.48. The minimum Gasteiger partial charge on any atom is -0.380 e. The quantitative estimate of drug-likeness (QED) is 0.208. The molecule has 1 aliphatic heterocycles. The van der Waals surface area contributed by atoms with Gasteiger partial charge >= 0.3 is 0 Å². The fraction of sp³-hybridized carbons (Fsp3) is 0.913. The summed E-state index contributed by atoms with van der Waals surface area (Å²) in [5, 5.41) is 0. The van der Waals surface area contributed by atoms with Gasteiger partial charge in [0.15, 0.2) is 5.94 Å². The van der Waals surface area contributed by atoms with E-state index in [2.05, 4.69) is 19.1 Å². The first-order valence-electron chi connectivity index (χ1n) is 11.8. The van der Waals surface area contributed by atoms with Crippen LogP contribution in [0, 0.1) is 0 Å². The van der Waals surface area contributed by atoms with Gasteiger partial charge in [-0.1, -0.05) is 76.9 Å². The minimum absolute atomic E-state index is 0.192. The van der Waals surface area contributed by atoms with Crippen molar-refractivity contribution in [1.29, 1.82) is 0 Å². The second kappa shape index (κ2) is 17.3. The van der Waals surface area contributed by atoms with Gasteiger partial charge in [-0.2, -0.15) is 4.31 Å². The Bertz CT molecular complexity index is 507. The van der Waals surface area contributed by atoms with Crippen molar-refractivity contribution >= 4 is 10.0 Å². The summed E-state index contributed by atoms with van der Waals surface area (Å²) in [6.45, 7) is 3.80. The second-order valence-corrected chi connectivity index (χ2v) is 10.3. The number of sulfonamides is 1. The number of ether oxygens (including phenoxy) is 2. The Morgan fingerprint density at radius 2 is 1.45 bits per heavy atom. The standard InChI is InChI=1S/C23H45NO4S/c1-3-4-5-6-7-8-9-10-11-12-13-14-15-16-17-18-19-27-20-23-21-28-22-29(25,26)24(23)2/h10-11,23H,3-9,12-22H2,1-2H3/b11-10-/t23-/m1/s1. The van der Waals surface area contributed by atoms with Crippen LogP contribution in [-0.4, -0.2) is 51.6 Å². The van der Waals surface area contributed by atoms with Crippen LogP contribution in [0.3, 0.4) is 0 Å². The molecular weight excluding hydrogens is 386 g/mol. The molecule has 6 heteroatoms. The molecule has 1 saturated heterocycles. The van der Waals surface area contributed by atoms with Crippen LogP contribution in [0.5, 0.6) is 0 Å². The molecule has 0 saturated carbocycles. The van der Waals surface area contributed by atoms with E-state index in [-0.39, 0.29) is 12.0 Å². The Morgan fingerprint density at radius 1 is 0.897 bits per heavy atom. The third kappa shape index (κ3) is 13.5. The maximum atomic E-state index is 11.7. The molecule has 0 aromatic carbocycles. The maximum Gasteiger partial charge on any atom is 0.238 e. The molecule has 5 nitrogen and oxygen atoms in total. The van der Waals surface area contributed by atoms with Crippen molar-refractivity contribution in [2.75, 3.05) is 32.8 Å². The van der Waals surface area contributed by atoms with Gasteiger partial charge in [-0.25, -0.2) is 8.42 Å². The molecule has 0 amide bonds. The van der Waals surface area contributed by atoms with Crippen molar-refractivity contribution in [1.82, 2.24) is 4.31 Å². The summed E-state index contributed by atoms with van der Waals surface area (Å²) in [4.78, 5) is 0. The maximum absolute atomic E-state index is 11.7. The van der Waals surface area contributed by atoms with Crippen LogP contribution in [0.25, 0.3) is 0 Å². The Balaban J connectivity index is 1.82. The Kier molecular flexibility index (Phi) is 15.8. The highest BCUT2D eigenvalue weighted by molar-refractivity contribution is 7.88. The predicted octanol–water partition coefficient (Wildman–Crippen LogP) is 5.66. The molecule has 0 aromatic heterocycles. The summed E-state index contributed by atoms with van der Waals surface area (Å²) >= 11 is 0. The van der Waals surface area contributed by atoms with Gasteiger partial charge in [0.1, 0.15) is 0 Å². The van der Waals surface area contributed by atoms with Gasteiger partial charge < -0.3 is 9.47 Å². The Hall–Kier alpha value is -0.430. The average Bonchev–Trinajstić information content (AvgIpc) is 2.70. The van der Waals surface area contributed by atoms with E-state index >= 15 is 0 Å². The van der Waals surface area contributed by atoms with Gasteiger partial charge in [-0.05, 0) is 32.1 Å². The molecule has 0 aliphatic carbocycles. The predicted molar refractivity (Wildman–Crippen MR) is 122 cm³/mol. The van der Waals surface area contributed by atoms with E-state index in [1.807, 2.05) is 0 Å². The molecule has 1 rings (SSSR count). The van der Waals surface area contributed by atoms with E-state index in [1.54, 1.807) is 7.05 Å². The molecule has 1 atom stereocenters. The molecule has 29 heavy (non-hydrogen) atoms. The van der Waals surface area contributed by atoms with Crippen molar-refractivity contribution in [3.05, 3.63) is 12.2 Å². The molecule has 172 valence electrons. The number of hydrogen-bond acceptors (Lipinski definition) is 4. The van der Waals surface area contributed by atoms with Crippen LogP contribution in [0.2, 0.25) is 0 Å². The molecule has 0 unspecified atom stereocenters. The molecule has 1 aliphatic rings. The van der Waals surface area contributed by atoms with Gasteiger partial charge in [0, 0.05) is 13.7 Å². The number of allylic oxidation sites excluding steroid dienone is 2. The van der Waals surface area contributed by atoms with Crippen molar-refractivity contribution in [2.24, 2.45) is 0 Å². The number of hydrogen-bond donors (Lipinski definition) is 0. The van der Waals surface area contributed by atoms with Crippen molar-refractivity contribution in [3.63, 3.8) is 0 Å². The number of nitrogens with zero attached hydrogens (tertiary/aromatic N) is 1. The van der Waals surface area contributed by atoms with Crippen molar-refractivity contribution in [3.8, 4) is 0 Å². The van der Waals surface area contributed by atoms with Gasteiger partial charge in [0.2, 0.25) is 10.0 Å². The van der Waals surface area contributed by atoms with Crippen molar-refractivity contribution < 1.29 is 17.9 Å². The number of likely N-dealkylation sites (N-methyl/N-ethyl adjacent to an activating group) is 1. The number of rotatable bonds is 18. The topological polar surface area (TPSA) is 55.8 Å². The second-order valence-electron chi connectivity index (χ2n) is 8.28. The lowest BCUT2D eigenvalue weighted by atomic mass is 10.1. The fourth-order valence-corrected chi connectivity index (χ4v) is 4.58. The smallest absolute Gasteiger partial charge is 0.238 e. The lowest BCUT2D eigenvalue weighted by Gasteiger charge is -2.31. The van der Waals surface area contributed by atoms with Crippen molar-refractivity contribution in [2.45, 2.75) is 103 Å². The summed E-state index contributed by atoms with van der Waals surface area (Å²) < 4.78 is 35.6. The fourth-order valence-electron chi connectivity index (χ4n) is 3.53. The molecule has 0 bridgehead atoms. The number of unbranched alkanes of at least 4 members (excludes halogenated alkanes) is 12. The Morgan fingerprint density at radius 3 is 2.07 bits per heavy atom. The molecule has 0 radical (unpaired) electrons. The van der Waals surface area contributed by atoms with Crippen LogP contribution in [0.1, 0.15) is 96.8 Å². The summed E-state index contributed by atoms with van der Waals surface area (Å²) in [5.41, 5.74) is 0. The van der Waals surface area contributed by atoms with E-state index in [0.29, 0.717) is 19.8 Å². The summed E-state index contributed by atoms with van der Waals surface area (Å²) in [5.74, 6) is -0.213. The minimum atomic E-state index is -3.26. The van der Waals surface area contributed by atoms with E-state index in [1.165, 1.54) is 87.8 Å². The van der Waals surface area contributed by atoms with E-state index < -0.39 is 10.0 Å². The van der Waals surface area contributed by atoms with Crippen LogP contribution >= 0.6 is 0 Å². The molecule has 0 N–H and O–H groups in total. The highest BCUT2D eigenvalue weighted by atomic mass is 32.2. The van der Waals surface area contributed by atoms with Crippen LogP contribution in [0.15, 0.2) is 12.2 Å². The monoisotopic (exact) mass is 431 g/mol. The summed E-state index contributed by atoms with van der Waals surface area (Å²) in [6, 6.07) is -0.192. The van der Waals surface area contributed by atoms with Crippen LogP contribution in [0.4, 0.5) is 0 Å². The summed E-state index contributed by atoms with van der Waals surface area (Å²) in [7, 11) is -1.65. The van der Waals surface area contributed by atoms with E-state index in [9.17, 15) is 8.42 Å². The molecule has 0 spiro atoms. The van der Waals surface area contributed by atoms with Gasteiger partial charge in [-0.15, -0.1) is 0 Å². The SMILES string of the molecule is CCCCCCCC/C=C\CCCCCCCCOC[C@@H]1COCS(=O)(=O)N1C. The van der Waals surface area contributed by atoms with E-state index in [0.717, 1.165) is 6.42 Å². The first-order chi connectivity index (χ1) is 14.1. The lowest BCUT2D eigenvalue weighted by molar-refractivity contribution is 0.0315. The normalized spacial score (nSPS) is 19.9. The molecule has 0 aromatic rings. The zero-order valence-electron chi connectivity index (χ0n) is 18.9. The zero-order valence-corrected chi connectivity index (χ0v) is 19.8. The first-order valence-corrected chi connectivity index (χ1v) is 13.4. The third-order valence-corrected chi connectivity index (χ3v) is 7.25.